The first-order valence-electron chi connectivity index (χ1n) is 24.0. The van der Waals surface area contributed by atoms with Gasteiger partial charge in [0.05, 0.1) is 22.5 Å². The summed E-state index contributed by atoms with van der Waals surface area (Å²) in [7, 11) is 3.34. The standard InChI is InChI=1S/C30H38BN4O4Si.C22H36BN4O2Si/c1-20(39-40(6,7)30(2,3)4)27-33-26(18-34(27)5)22-14-12-21(13-15-22)16-23(31-38-19-32)17-35-28(36)24-10-8-9-11-25(24)29(35)37;1-16(29-30(6,7)22(2,3)4)21-26-20(14-27(21)5)18-10-8-17(9-11-18)12-19(13-24)23-28-15-25/h8-15,18-20,23,32H,16-17H2,1-7H3;8-11,14-16,19,25H,12-13,24H2,1-7H3. The van der Waals surface area contributed by atoms with Gasteiger partial charge in [-0.3, -0.25) is 25.3 Å². The summed E-state index contributed by atoms with van der Waals surface area (Å²) in [5.41, 5.74) is 12.7. The van der Waals surface area contributed by atoms with Crippen molar-refractivity contribution in [3.05, 3.63) is 119 Å². The summed E-state index contributed by atoms with van der Waals surface area (Å²) in [6.07, 6.45) is 6.97. The predicted octanol–water partition coefficient (Wildman–Crippen LogP) is 10.7. The normalized spacial score (nSPS) is 14.8. The lowest BCUT2D eigenvalue weighted by atomic mass is 9.75. The summed E-state index contributed by atoms with van der Waals surface area (Å²) in [5.74, 6) is 1.02. The van der Waals surface area contributed by atoms with Crippen LogP contribution >= 0.6 is 0 Å². The number of carbonyl (C=O) groups is 2. The number of nitrogens with one attached hydrogen (secondary N) is 2. The first kappa shape index (κ1) is 55.5. The van der Waals surface area contributed by atoms with Gasteiger partial charge in [-0.05, 0) is 104 Å². The number of hydrogen-bond donors (Lipinski definition) is 3. The summed E-state index contributed by atoms with van der Waals surface area (Å²) < 4.78 is 27.3. The van der Waals surface area contributed by atoms with Crippen LogP contribution in [0.2, 0.25) is 47.9 Å². The number of imide groups is 1. The number of nitrogens with two attached hydrogens (primary N) is 1. The average Bonchev–Trinajstić information content (AvgIpc) is 3.96. The van der Waals surface area contributed by atoms with E-state index in [9.17, 15) is 9.59 Å². The number of imidazole rings is 2. The van der Waals surface area contributed by atoms with Gasteiger partial charge >= 0.3 is 15.0 Å². The van der Waals surface area contributed by atoms with E-state index in [-0.39, 0.29) is 52.3 Å². The molecule has 18 heteroatoms. The van der Waals surface area contributed by atoms with Gasteiger partial charge in [0.2, 0.25) is 0 Å². The SMILES string of the molecule is CC(O[Si](C)(C)C(C)(C)C)c1nc(-c2ccc(CC([B]OC=N)CN)cc2)cn1C.CC(O[Si](C)(C)C(C)(C)C)c1nc(-c2ccc(CC([B]OC=N)CN3C(=O)c4ccccc4C3=O)cc2)cn1C. The van der Waals surface area contributed by atoms with E-state index in [1.165, 1.54) is 17.9 Å². The van der Waals surface area contributed by atoms with Crippen LogP contribution in [0.15, 0.2) is 85.2 Å². The summed E-state index contributed by atoms with van der Waals surface area (Å²) in [6.45, 7) is 27.3. The maximum absolute atomic E-state index is 12.9. The lowest BCUT2D eigenvalue weighted by Gasteiger charge is -2.38. The fourth-order valence-corrected chi connectivity index (χ4v) is 10.5. The zero-order valence-corrected chi connectivity index (χ0v) is 45.8. The van der Waals surface area contributed by atoms with E-state index in [0.29, 0.717) is 24.1 Å². The second-order valence-electron chi connectivity index (χ2n) is 21.3. The van der Waals surface area contributed by atoms with Crippen molar-refractivity contribution >= 4 is 56.2 Å². The highest BCUT2D eigenvalue weighted by Gasteiger charge is 2.41. The van der Waals surface area contributed by atoms with E-state index >= 15 is 0 Å². The molecular weight excluding hydrogens is 910 g/mol. The van der Waals surface area contributed by atoms with Crippen LogP contribution < -0.4 is 5.73 Å². The minimum absolute atomic E-state index is 0.0568. The molecule has 3 aromatic carbocycles. The van der Waals surface area contributed by atoms with E-state index < -0.39 is 16.6 Å². The Morgan fingerprint density at radius 1 is 0.643 bits per heavy atom. The number of fused-ring (bicyclic) bond motifs is 1. The second kappa shape index (κ2) is 23.2. The van der Waals surface area contributed by atoms with E-state index in [0.717, 1.165) is 58.9 Å². The number of nitrogens with zero attached hydrogens (tertiary/aromatic N) is 5. The molecular formula is C52H74B2N8O6Si2. The van der Waals surface area contributed by atoms with Crippen LogP contribution in [0.3, 0.4) is 0 Å². The first-order valence-corrected chi connectivity index (χ1v) is 29.8. The van der Waals surface area contributed by atoms with Crippen LogP contribution in [0.5, 0.6) is 0 Å². The molecule has 0 aliphatic carbocycles. The Morgan fingerprint density at radius 3 is 1.37 bits per heavy atom. The highest BCUT2D eigenvalue weighted by molar-refractivity contribution is 6.74. The molecule has 4 unspecified atom stereocenters. The van der Waals surface area contributed by atoms with Gasteiger partial charge < -0.3 is 33.0 Å². The molecule has 0 saturated heterocycles. The molecule has 0 fully saturated rings. The number of aryl methyl sites for hydroxylation is 2. The van der Waals surface area contributed by atoms with Crippen molar-refractivity contribution < 1.29 is 27.7 Å². The van der Waals surface area contributed by atoms with E-state index in [1.807, 2.05) is 49.1 Å². The molecule has 6 rings (SSSR count). The Labute approximate surface area is 419 Å². The van der Waals surface area contributed by atoms with E-state index in [2.05, 4.69) is 117 Å². The second-order valence-corrected chi connectivity index (χ2v) is 30.8. The molecule has 4 N–H and O–H groups in total. The molecule has 1 aliphatic heterocycles. The number of carbonyl (C=O) groups excluding carboxylic acids is 2. The molecule has 0 spiro atoms. The van der Waals surface area contributed by atoms with Crippen molar-refractivity contribution in [1.29, 1.82) is 10.8 Å². The lowest BCUT2D eigenvalue weighted by Crippen LogP contribution is -2.41. The summed E-state index contributed by atoms with van der Waals surface area (Å²) in [6, 6.07) is 23.3. The maximum Gasteiger partial charge on any atom is 0.376 e. The molecule has 372 valence electrons. The molecule has 2 radical (unpaired) electrons. The minimum Gasteiger partial charge on any atom is -0.555 e. The van der Waals surface area contributed by atoms with Crippen molar-refractivity contribution in [1.82, 2.24) is 24.0 Å². The number of amides is 2. The van der Waals surface area contributed by atoms with Crippen LogP contribution in [-0.4, -0.2) is 93.3 Å². The summed E-state index contributed by atoms with van der Waals surface area (Å²) >= 11 is 0. The average molecular weight is 985 g/mol. The Bertz CT molecular complexity index is 2540. The van der Waals surface area contributed by atoms with Gasteiger partial charge in [-0.1, -0.05) is 102 Å². The van der Waals surface area contributed by atoms with Crippen LogP contribution in [0.25, 0.3) is 22.5 Å². The predicted molar refractivity (Wildman–Crippen MR) is 288 cm³/mol. The third-order valence-corrected chi connectivity index (χ3v) is 23.0. The number of aromatic nitrogens is 4. The fourth-order valence-electron chi connectivity index (χ4n) is 7.85. The topological polar surface area (TPSA) is 184 Å². The number of rotatable bonds is 21. The van der Waals surface area contributed by atoms with Gasteiger partial charge in [-0.2, -0.15) is 0 Å². The molecule has 70 heavy (non-hydrogen) atoms. The van der Waals surface area contributed by atoms with Crippen LogP contribution in [-0.2, 0) is 45.1 Å². The Hall–Kier alpha value is -5.40. The van der Waals surface area contributed by atoms with Crippen molar-refractivity contribution in [3.8, 4) is 22.5 Å². The molecule has 3 heterocycles. The molecule has 2 aromatic heterocycles. The zero-order valence-electron chi connectivity index (χ0n) is 43.8. The van der Waals surface area contributed by atoms with Crippen molar-refractivity contribution in [3.63, 3.8) is 0 Å². The van der Waals surface area contributed by atoms with Gasteiger partial charge in [-0.15, -0.1) is 0 Å². The molecule has 4 atom stereocenters. The zero-order chi connectivity index (χ0) is 51.8. The third kappa shape index (κ3) is 13.7. The smallest absolute Gasteiger partial charge is 0.376 e. The maximum atomic E-state index is 12.9. The number of benzene rings is 3. The first-order chi connectivity index (χ1) is 32.8. The quantitative estimate of drug-likeness (QED) is 0.0279. The Morgan fingerprint density at radius 2 is 1.01 bits per heavy atom. The monoisotopic (exact) mass is 985 g/mol. The van der Waals surface area contributed by atoms with Crippen LogP contribution in [0.1, 0.15) is 111 Å². The molecule has 5 aromatic rings. The van der Waals surface area contributed by atoms with Crippen molar-refractivity contribution in [2.45, 2.75) is 128 Å². The minimum atomic E-state index is -1.94. The van der Waals surface area contributed by atoms with Gasteiger partial charge in [0.1, 0.15) is 36.7 Å². The van der Waals surface area contributed by atoms with Crippen LogP contribution in [0.4, 0.5) is 0 Å². The Kier molecular flexibility index (Phi) is 18.4. The van der Waals surface area contributed by atoms with E-state index in [4.69, 9.17) is 44.7 Å². The van der Waals surface area contributed by atoms with Gasteiger partial charge in [-0.25, -0.2) is 9.97 Å². The van der Waals surface area contributed by atoms with Crippen molar-refractivity contribution in [2.75, 3.05) is 13.1 Å². The molecule has 14 nitrogen and oxygen atoms in total. The Balaban J connectivity index is 0.000000272. The molecule has 2 amide bonds. The van der Waals surface area contributed by atoms with Crippen LogP contribution in [0, 0.1) is 10.8 Å². The van der Waals surface area contributed by atoms with Gasteiger partial charge in [0.25, 0.3) is 11.8 Å². The highest BCUT2D eigenvalue weighted by Crippen LogP contribution is 2.41. The largest absolute Gasteiger partial charge is 0.555 e. The molecule has 0 bridgehead atoms. The third-order valence-electron chi connectivity index (χ3n) is 13.9. The molecule has 1 aliphatic rings. The summed E-state index contributed by atoms with van der Waals surface area (Å²) in [4.78, 5) is 36.8. The lowest BCUT2D eigenvalue weighted by molar-refractivity contribution is 0.0651. The summed E-state index contributed by atoms with van der Waals surface area (Å²) in [5, 5.41) is 14.5. The van der Waals surface area contributed by atoms with Gasteiger partial charge in [0, 0.05) is 44.2 Å². The fraction of sp³-hybridized carbons (Fsp3) is 0.462. The number of hydrogen-bond acceptors (Lipinski definition) is 11. The van der Waals surface area contributed by atoms with Gasteiger partial charge in [0.15, 0.2) is 16.6 Å². The van der Waals surface area contributed by atoms with Crippen molar-refractivity contribution in [2.24, 2.45) is 19.8 Å². The highest BCUT2D eigenvalue weighted by atomic mass is 28.4. The van der Waals surface area contributed by atoms with E-state index in [1.54, 1.807) is 31.7 Å². The molecule has 0 saturated carbocycles.